The van der Waals surface area contributed by atoms with Gasteiger partial charge >= 0.3 is 6.18 Å². The van der Waals surface area contributed by atoms with Gasteiger partial charge < -0.3 is 23.8 Å². The van der Waals surface area contributed by atoms with Crippen molar-refractivity contribution >= 4 is 5.91 Å². The molecule has 1 aliphatic rings. The summed E-state index contributed by atoms with van der Waals surface area (Å²) in [5, 5.41) is 0. The van der Waals surface area contributed by atoms with E-state index >= 15 is 0 Å². The number of halogens is 3. The van der Waals surface area contributed by atoms with Gasteiger partial charge in [0.2, 0.25) is 5.91 Å². The fourth-order valence-electron chi connectivity index (χ4n) is 2.93. The molecule has 1 amide bonds. The van der Waals surface area contributed by atoms with E-state index in [4.69, 9.17) is 18.9 Å². The first-order valence-electron chi connectivity index (χ1n) is 9.60. The number of benzene rings is 1. The van der Waals surface area contributed by atoms with Crippen LogP contribution in [0.25, 0.3) is 0 Å². The molecule has 1 atom stereocenters. The lowest BCUT2D eigenvalue weighted by atomic mass is 10.1. The average Bonchev–Trinajstić information content (AvgIpc) is 3.15. The summed E-state index contributed by atoms with van der Waals surface area (Å²) in [6, 6.07) is 4.70. The maximum atomic E-state index is 12.6. The molecule has 0 saturated carbocycles. The monoisotopic (exact) mass is 419 g/mol. The number of nitrogens with zero attached hydrogens (tertiary/aromatic N) is 1. The molecule has 1 aliphatic heterocycles. The molecule has 1 fully saturated rings. The van der Waals surface area contributed by atoms with Gasteiger partial charge in [-0.05, 0) is 24.1 Å². The lowest BCUT2D eigenvalue weighted by Crippen LogP contribution is -2.31. The van der Waals surface area contributed by atoms with E-state index < -0.39 is 11.7 Å². The number of hydrogen-bond donors (Lipinski definition) is 0. The summed E-state index contributed by atoms with van der Waals surface area (Å²) in [5.74, 6) is -0.111. The Kier molecular flexibility index (Phi) is 9.86. The van der Waals surface area contributed by atoms with Gasteiger partial charge in [-0.3, -0.25) is 4.79 Å². The summed E-state index contributed by atoms with van der Waals surface area (Å²) in [7, 11) is 1.61. The highest BCUT2D eigenvalue weighted by Crippen LogP contribution is 2.29. The Labute approximate surface area is 168 Å². The van der Waals surface area contributed by atoms with Crippen molar-refractivity contribution in [1.29, 1.82) is 0 Å². The molecule has 1 aromatic carbocycles. The van der Waals surface area contributed by atoms with Crippen molar-refractivity contribution in [3.8, 4) is 0 Å². The number of rotatable bonds is 12. The minimum absolute atomic E-state index is 0.0480. The zero-order valence-electron chi connectivity index (χ0n) is 16.6. The third-order valence-electron chi connectivity index (χ3n) is 4.52. The first kappa shape index (κ1) is 23.6. The van der Waals surface area contributed by atoms with Crippen LogP contribution >= 0.6 is 0 Å². The van der Waals surface area contributed by atoms with E-state index in [1.54, 1.807) is 12.0 Å². The topological polar surface area (TPSA) is 57.2 Å². The molecule has 0 aromatic heterocycles. The number of methoxy groups -OCH3 is 1. The van der Waals surface area contributed by atoms with Gasteiger partial charge in [0.25, 0.3) is 0 Å². The van der Waals surface area contributed by atoms with E-state index in [0.717, 1.165) is 18.6 Å². The van der Waals surface area contributed by atoms with Crippen LogP contribution in [0.15, 0.2) is 24.3 Å². The summed E-state index contributed by atoms with van der Waals surface area (Å²) in [5.41, 5.74) is -0.152. The lowest BCUT2D eigenvalue weighted by Gasteiger charge is -2.17. The lowest BCUT2D eigenvalue weighted by molar-refractivity contribution is -0.137. The number of carbonyl (C=O) groups is 1. The molecule has 1 saturated heterocycles. The molecule has 2 rings (SSSR count). The van der Waals surface area contributed by atoms with Gasteiger partial charge in [0.05, 0.1) is 57.7 Å². The van der Waals surface area contributed by atoms with E-state index in [1.165, 1.54) is 12.1 Å². The average molecular weight is 419 g/mol. The van der Waals surface area contributed by atoms with Crippen molar-refractivity contribution in [1.82, 2.24) is 4.90 Å². The SMILES string of the molecule is COCCOCCOCCO[C@H]1CCN(C(=O)Cc2ccc(C(F)(F)F)cc2)C1. The van der Waals surface area contributed by atoms with Crippen LogP contribution in [-0.2, 0) is 36.3 Å². The highest BCUT2D eigenvalue weighted by molar-refractivity contribution is 5.79. The molecule has 0 unspecified atom stereocenters. The van der Waals surface area contributed by atoms with Crippen molar-refractivity contribution in [3.63, 3.8) is 0 Å². The highest BCUT2D eigenvalue weighted by Gasteiger charge is 2.30. The van der Waals surface area contributed by atoms with Crippen LogP contribution in [0.5, 0.6) is 0 Å². The molecule has 0 N–H and O–H groups in total. The largest absolute Gasteiger partial charge is 0.416 e. The van der Waals surface area contributed by atoms with Crippen molar-refractivity contribution in [2.45, 2.75) is 25.1 Å². The molecule has 164 valence electrons. The molecule has 6 nitrogen and oxygen atoms in total. The van der Waals surface area contributed by atoms with Gasteiger partial charge in [0.1, 0.15) is 0 Å². The standard InChI is InChI=1S/C20H28F3NO5/c1-26-8-9-27-10-11-28-12-13-29-18-6-7-24(15-18)19(25)14-16-2-4-17(5-3-16)20(21,22)23/h2-5,18H,6-15H2,1H3/t18-/m0/s1. The fraction of sp³-hybridized carbons (Fsp3) is 0.650. The van der Waals surface area contributed by atoms with Crippen LogP contribution in [0.3, 0.4) is 0 Å². The fourth-order valence-corrected chi connectivity index (χ4v) is 2.93. The molecule has 1 aromatic rings. The first-order valence-corrected chi connectivity index (χ1v) is 9.60. The zero-order valence-corrected chi connectivity index (χ0v) is 16.6. The van der Waals surface area contributed by atoms with Gasteiger partial charge in [-0.15, -0.1) is 0 Å². The van der Waals surface area contributed by atoms with Gasteiger partial charge in [-0.2, -0.15) is 13.2 Å². The molecule has 0 aliphatic carbocycles. The van der Waals surface area contributed by atoms with E-state index in [0.29, 0.717) is 58.3 Å². The van der Waals surface area contributed by atoms with Gasteiger partial charge in [0.15, 0.2) is 0 Å². The third kappa shape index (κ3) is 8.69. The predicted octanol–water partition coefficient (Wildman–Crippen LogP) is 2.55. The number of likely N-dealkylation sites (tertiary alicyclic amines) is 1. The number of alkyl halides is 3. The Morgan fingerprint density at radius 2 is 1.66 bits per heavy atom. The van der Waals surface area contributed by atoms with Gasteiger partial charge in [-0.25, -0.2) is 0 Å². The highest BCUT2D eigenvalue weighted by atomic mass is 19.4. The van der Waals surface area contributed by atoms with E-state index in [1.807, 2.05) is 0 Å². The summed E-state index contributed by atoms with van der Waals surface area (Å²) >= 11 is 0. The van der Waals surface area contributed by atoms with E-state index in [2.05, 4.69) is 0 Å². The Hall–Kier alpha value is -1.68. The van der Waals surface area contributed by atoms with Gasteiger partial charge in [0, 0.05) is 20.2 Å². The smallest absolute Gasteiger partial charge is 0.382 e. The second kappa shape index (κ2) is 12.1. The molecular weight excluding hydrogens is 391 g/mol. The van der Waals surface area contributed by atoms with E-state index in [-0.39, 0.29) is 18.4 Å². The van der Waals surface area contributed by atoms with E-state index in [9.17, 15) is 18.0 Å². The van der Waals surface area contributed by atoms with Crippen LogP contribution in [0.4, 0.5) is 13.2 Å². The summed E-state index contributed by atoms with van der Waals surface area (Å²) in [4.78, 5) is 14.1. The maximum absolute atomic E-state index is 12.6. The van der Waals surface area contributed by atoms with Crippen molar-refractivity contribution < 1.29 is 36.9 Å². The van der Waals surface area contributed by atoms with Crippen molar-refractivity contribution in [2.75, 3.05) is 59.8 Å². The van der Waals surface area contributed by atoms with Crippen molar-refractivity contribution in [2.24, 2.45) is 0 Å². The maximum Gasteiger partial charge on any atom is 0.416 e. The molecule has 0 spiro atoms. The minimum Gasteiger partial charge on any atom is -0.382 e. The minimum atomic E-state index is -4.37. The Bertz CT molecular complexity index is 609. The summed E-state index contributed by atoms with van der Waals surface area (Å²) in [6.45, 7) is 4.02. The third-order valence-corrected chi connectivity index (χ3v) is 4.52. The first-order chi connectivity index (χ1) is 13.9. The van der Waals surface area contributed by atoms with Crippen molar-refractivity contribution in [3.05, 3.63) is 35.4 Å². The number of carbonyl (C=O) groups excluding carboxylic acids is 1. The second-order valence-electron chi connectivity index (χ2n) is 6.71. The van der Waals surface area contributed by atoms with Crippen LogP contribution in [0.1, 0.15) is 17.5 Å². The van der Waals surface area contributed by atoms with Gasteiger partial charge in [-0.1, -0.05) is 12.1 Å². The Morgan fingerprint density at radius 1 is 1.03 bits per heavy atom. The predicted molar refractivity (Wildman–Crippen MR) is 99.6 cm³/mol. The normalized spacial score (nSPS) is 17.1. The molecular formula is C20H28F3NO5. The van der Waals surface area contributed by atoms with Crippen LogP contribution < -0.4 is 0 Å². The number of ether oxygens (including phenoxy) is 4. The number of amides is 1. The van der Waals surface area contributed by atoms with Crippen LogP contribution in [0, 0.1) is 0 Å². The van der Waals surface area contributed by atoms with Crippen LogP contribution in [0.2, 0.25) is 0 Å². The van der Waals surface area contributed by atoms with Crippen LogP contribution in [-0.4, -0.2) is 76.8 Å². The quantitative estimate of drug-likeness (QED) is 0.488. The number of hydrogen-bond acceptors (Lipinski definition) is 5. The molecule has 0 radical (unpaired) electrons. The molecule has 1 heterocycles. The second-order valence-corrected chi connectivity index (χ2v) is 6.71. The Morgan fingerprint density at radius 3 is 2.28 bits per heavy atom. The zero-order chi connectivity index (χ0) is 21.1. The molecule has 9 heteroatoms. The summed E-state index contributed by atoms with van der Waals surface area (Å²) in [6.07, 6.45) is -3.60. The molecule has 0 bridgehead atoms. The molecule has 29 heavy (non-hydrogen) atoms. The summed E-state index contributed by atoms with van der Waals surface area (Å²) < 4.78 is 59.1. The Balaban J connectivity index is 1.59.